The molecular weight excluding hydrogens is 242 g/mol. The summed E-state index contributed by atoms with van der Waals surface area (Å²) in [5.41, 5.74) is 9.70. The highest BCUT2D eigenvalue weighted by atomic mass is 16.3. The van der Waals surface area contributed by atoms with Crippen molar-refractivity contribution in [3.63, 3.8) is 0 Å². The number of aliphatic hydroxyl groups excluding tert-OH is 1. The third-order valence-corrected chi connectivity index (χ3v) is 4.09. The minimum atomic E-state index is 0.0329. The summed E-state index contributed by atoms with van der Waals surface area (Å²) in [4.78, 5) is 13.6. The van der Waals surface area contributed by atoms with Crippen molar-refractivity contribution in [2.75, 3.05) is 35.6 Å². The summed E-state index contributed by atoms with van der Waals surface area (Å²) < 4.78 is 0. The van der Waals surface area contributed by atoms with E-state index >= 15 is 0 Å². The highest BCUT2D eigenvalue weighted by Crippen LogP contribution is 2.35. The zero-order valence-electron chi connectivity index (χ0n) is 10.9. The van der Waals surface area contributed by atoms with E-state index in [1.807, 2.05) is 12.1 Å². The molecule has 102 valence electrons. The minimum absolute atomic E-state index is 0.0329. The van der Waals surface area contributed by atoms with E-state index in [0.29, 0.717) is 18.0 Å². The van der Waals surface area contributed by atoms with Gasteiger partial charge in [0.1, 0.15) is 0 Å². The lowest BCUT2D eigenvalue weighted by atomic mass is 9.97. The molecule has 1 aromatic rings. The first kappa shape index (κ1) is 12.3. The van der Waals surface area contributed by atoms with Crippen LogP contribution in [0.25, 0.3) is 0 Å². The maximum absolute atomic E-state index is 11.4. The normalized spacial score (nSPS) is 19.4. The largest absolute Gasteiger partial charge is 0.397 e. The lowest BCUT2D eigenvalue weighted by Gasteiger charge is -2.33. The molecule has 5 nitrogen and oxygen atoms in total. The van der Waals surface area contributed by atoms with Crippen LogP contribution in [0, 0.1) is 5.92 Å². The van der Waals surface area contributed by atoms with E-state index in [1.54, 1.807) is 0 Å². The average molecular weight is 261 g/mol. The fraction of sp³-hybridized carbons (Fsp3) is 0.500. The molecule has 5 heteroatoms. The Balaban J connectivity index is 1.82. The SMILES string of the molecule is Nc1cc2c(cc1N1CCC(CO)CC1)CC(=O)N2. The van der Waals surface area contributed by atoms with Gasteiger partial charge in [0, 0.05) is 25.4 Å². The number of piperidine rings is 1. The van der Waals surface area contributed by atoms with E-state index in [0.717, 1.165) is 42.9 Å². The van der Waals surface area contributed by atoms with Crippen molar-refractivity contribution in [3.8, 4) is 0 Å². The van der Waals surface area contributed by atoms with E-state index in [1.165, 1.54) is 0 Å². The number of nitrogens with one attached hydrogen (secondary N) is 1. The first-order valence-corrected chi connectivity index (χ1v) is 6.75. The molecule has 19 heavy (non-hydrogen) atoms. The van der Waals surface area contributed by atoms with Crippen LogP contribution in [-0.2, 0) is 11.2 Å². The molecule has 3 rings (SSSR count). The molecule has 0 aromatic heterocycles. The predicted molar refractivity (Wildman–Crippen MR) is 75.2 cm³/mol. The van der Waals surface area contributed by atoms with Gasteiger partial charge < -0.3 is 21.1 Å². The molecule has 0 saturated carbocycles. The van der Waals surface area contributed by atoms with Crippen LogP contribution in [0.1, 0.15) is 18.4 Å². The van der Waals surface area contributed by atoms with Crippen LogP contribution >= 0.6 is 0 Å². The summed E-state index contributed by atoms with van der Waals surface area (Å²) in [7, 11) is 0. The van der Waals surface area contributed by atoms with Crippen molar-refractivity contribution in [1.29, 1.82) is 0 Å². The standard InChI is InChI=1S/C14H19N3O2/c15-11-7-12-10(6-14(19)16-12)5-13(11)17-3-1-9(8-18)2-4-17/h5,7,9,18H,1-4,6,8,15H2,(H,16,19). The van der Waals surface area contributed by atoms with Gasteiger partial charge in [-0.1, -0.05) is 0 Å². The third-order valence-electron chi connectivity index (χ3n) is 4.09. The number of carbonyl (C=O) groups is 1. The third kappa shape index (κ3) is 2.26. The zero-order chi connectivity index (χ0) is 13.4. The summed E-state index contributed by atoms with van der Waals surface area (Å²) in [6.07, 6.45) is 2.42. The van der Waals surface area contributed by atoms with Crippen LogP contribution in [0.2, 0.25) is 0 Å². The van der Waals surface area contributed by atoms with Gasteiger partial charge in [-0.15, -0.1) is 0 Å². The van der Waals surface area contributed by atoms with Crippen LogP contribution in [0.4, 0.5) is 17.1 Å². The van der Waals surface area contributed by atoms with Gasteiger partial charge in [0.15, 0.2) is 0 Å². The Morgan fingerprint density at radius 2 is 2.11 bits per heavy atom. The molecular formula is C14H19N3O2. The van der Waals surface area contributed by atoms with Gasteiger partial charge in [-0.05, 0) is 36.5 Å². The van der Waals surface area contributed by atoms with E-state index in [-0.39, 0.29) is 12.5 Å². The molecule has 0 unspecified atom stereocenters. The van der Waals surface area contributed by atoms with Gasteiger partial charge in [-0.25, -0.2) is 0 Å². The number of nitrogens with zero attached hydrogens (tertiary/aromatic N) is 1. The number of hydrogen-bond acceptors (Lipinski definition) is 4. The van der Waals surface area contributed by atoms with Crippen molar-refractivity contribution in [2.24, 2.45) is 5.92 Å². The van der Waals surface area contributed by atoms with Crippen molar-refractivity contribution >= 4 is 23.0 Å². The maximum atomic E-state index is 11.4. The summed E-state index contributed by atoms with van der Waals surface area (Å²) in [6.45, 7) is 2.09. The first-order chi connectivity index (χ1) is 9.17. The van der Waals surface area contributed by atoms with E-state index < -0.39 is 0 Å². The minimum Gasteiger partial charge on any atom is -0.397 e. The molecule has 2 aliphatic heterocycles. The Kier molecular flexibility index (Phi) is 3.06. The number of rotatable bonds is 2. The zero-order valence-corrected chi connectivity index (χ0v) is 10.9. The molecule has 1 saturated heterocycles. The van der Waals surface area contributed by atoms with E-state index in [2.05, 4.69) is 10.2 Å². The summed E-state index contributed by atoms with van der Waals surface area (Å²) in [5.74, 6) is 0.445. The van der Waals surface area contributed by atoms with Crippen LogP contribution in [0.3, 0.4) is 0 Å². The molecule has 2 heterocycles. The lowest BCUT2D eigenvalue weighted by Crippen LogP contribution is -2.35. The number of aliphatic hydroxyl groups is 1. The topological polar surface area (TPSA) is 78.6 Å². The lowest BCUT2D eigenvalue weighted by molar-refractivity contribution is -0.115. The number of benzene rings is 1. The van der Waals surface area contributed by atoms with Crippen LogP contribution in [0.15, 0.2) is 12.1 Å². The molecule has 1 fully saturated rings. The van der Waals surface area contributed by atoms with Gasteiger partial charge in [-0.3, -0.25) is 4.79 Å². The van der Waals surface area contributed by atoms with Crippen LogP contribution in [-0.4, -0.2) is 30.7 Å². The van der Waals surface area contributed by atoms with Gasteiger partial charge in [-0.2, -0.15) is 0 Å². The summed E-state index contributed by atoms with van der Waals surface area (Å²) in [6, 6.07) is 3.88. The monoisotopic (exact) mass is 261 g/mol. The highest BCUT2D eigenvalue weighted by Gasteiger charge is 2.24. The first-order valence-electron chi connectivity index (χ1n) is 6.75. The number of amides is 1. The summed E-state index contributed by atoms with van der Waals surface area (Å²) in [5, 5.41) is 12.0. The fourth-order valence-corrected chi connectivity index (χ4v) is 2.91. The molecule has 0 spiro atoms. The number of fused-ring (bicyclic) bond motifs is 1. The van der Waals surface area contributed by atoms with E-state index in [9.17, 15) is 4.79 Å². The molecule has 0 radical (unpaired) electrons. The van der Waals surface area contributed by atoms with Gasteiger partial charge in [0.05, 0.1) is 17.8 Å². The number of nitrogens with two attached hydrogens (primary N) is 1. The smallest absolute Gasteiger partial charge is 0.228 e. The number of carbonyl (C=O) groups excluding carboxylic acids is 1. The Bertz CT molecular complexity index is 508. The second-order valence-electron chi connectivity index (χ2n) is 5.41. The highest BCUT2D eigenvalue weighted by molar-refractivity contribution is 6.00. The van der Waals surface area contributed by atoms with E-state index in [4.69, 9.17) is 10.8 Å². The van der Waals surface area contributed by atoms with Crippen LogP contribution < -0.4 is 16.0 Å². The number of anilines is 3. The average Bonchev–Trinajstić information content (AvgIpc) is 2.77. The summed E-state index contributed by atoms with van der Waals surface area (Å²) >= 11 is 0. The predicted octanol–water partition coefficient (Wildman–Crippen LogP) is 0.972. The Morgan fingerprint density at radius 1 is 1.37 bits per heavy atom. The quantitative estimate of drug-likeness (QED) is 0.693. The molecule has 4 N–H and O–H groups in total. The van der Waals surface area contributed by atoms with Gasteiger partial charge in [0.25, 0.3) is 0 Å². The molecule has 2 aliphatic rings. The van der Waals surface area contributed by atoms with Crippen molar-refractivity contribution in [1.82, 2.24) is 0 Å². The number of hydrogen-bond donors (Lipinski definition) is 3. The Labute approximate surface area is 112 Å². The molecule has 0 bridgehead atoms. The van der Waals surface area contributed by atoms with Crippen LogP contribution in [0.5, 0.6) is 0 Å². The Morgan fingerprint density at radius 3 is 2.79 bits per heavy atom. The second-order valence-corrected chi connectivity index (χ2v) is 5.41. The second kappa shape index (κ2) is 4.74. The van der Waals surface area contributed by atoms with Crippen molar-refractivity contribution < 1.29 is 9.90 Å². The van der Waals surface area contributed by atoms with Crippen molar-refractivity contribution in [3.05, 3.63) is 17.7 Å². The van der Waals surface area contributed by atoms with Gasteiger partial charge >= 0.3 is 0 Å². The molecule has 0 atom stereocenters. The molecule has 1 amide bonds. The number of nitrogen functional groups attached to an aromatic ring is 1. The fourth-order valence-electron chi connectivity index (χ4n) is 2.91. The molecule has 1 aromatic carbocycles. The maximum Gasteiger partial charge on any atom is 0.228 e. The molecule has 0 aliphatic carbocycles. The van der Waals surface area contributed by atoms with Gasteiger partial charge in [0.2, 0.25) is 5.91 Å². The van der Waals surface area contributed by atoms with Crippen molar-refractivity contribution in [2.45, 2.75) is 19.3 Å². The Hall–Kier alpha value is -1.75.